The summed E-state index contributed by atoms with van der Waals surface area (Å²) in [5.74, 6) is 0. The van der Waals surface area contributed by atoms with E-state index in [2.05, 4.69) is 0 Å². The van der Waals surface area contributed by atoms with E-state index in [0.717, 1.165) is 5.21 Å². The van der Waals surface area contributed by atoms with E-state index in [1.165, 1.54) is 13.2 Å². The number of rotatable bonds is 0. The summed E-state index contributed by atoms with van der Waals surface area (Å²) in [7, 11) is 0. The van der Waals surface area contributed by atoms with Crippen LogP contribution in [0.5, 0.6) is 0 Å². The Hall–Kier alpha value is 0.130. The van der Waals surface area contributed by atoms with Gasteiger partial charge in [0, 0.05) is 0 Å². The van der Waals surface area contributed by atoms with Crippen LogP contribution in [-0.4, -0.2) is 13.2 Å². The molecule has 3 rings (SSSR count). The minimum absolute atomic E-state index is 1.08. The predicted molar refractivity (Wildman–Crippen MR) is 23.8 cm³/mol. The van der Waals surface area contributed by atoms with Gasteiger partial charge < -0.3 is 0 Å². The molecule has 0 saturated carbocycles. The molecule has 1 spiro atoms. The molecule has 0 N–H and O–H groups in total. The normalized spacial score (nSPS) is 43.2. The Morgan fingerprint density at radius 1 is 1.20 bits per heavy atom. The Labute approximate surface area is 32.1 Å². The summed E-state index contributed by atoms with van der Waals surface area (Å²) in [6.07, 6.45) is 3.25. The average molecular weight is 61.7 g/mol. The van der Waals surface area contributed by atoms with E-state index < -0.39 is 0 Å². The van der Waals surface area contributed by atoms with Gasteiger partial charge in [0.2, 0.25) is 0 Å². The summed E-state index contributed by atoms with van der Waals surface area (Å²) in [5.41, 5.74) is 0. The third-order valence-electron chi connectivity index (χ3n) is 2.73. The molecule has 0 aromatic carbocycles. The van der Waals surface area contributed by atoms with Crippen LogP contribution in [0.25, 0.3) is 0 Å². The molecule has 5 heavy (non-hydrogen) atoms. The van der Waals surface area contributed by atoms with Gasteiger partial charge in [-0.1, -0.05) is 17.9 Å². The van der Waals surface area contributed by atoms with Crippen molar-refractivity contribution in [3.05, 3.63) is 0 Å². The van der Waals surface area contributed by atoms with E-state index in [-0.39, 0.29) is 0 Å². The maximum Gasteiger partial charge on any atom is 0.104 e. The van der Waals surface area contributed by atoms with E-state index in [1.807, 2.05) is 0 Å². The molecule has 0 nitrogen and oxygen atoms in total. The molecule has 2 heteroatoms. The standard InChI is InChI=1S/C3H4B2/c1-3-2-5(3)4(1)3/h1-2H2. The van der Waals surface area contributed by atoms with Gasteiger partial charge in [0.25, 0.3) is 0 Å². The van der Waals surface area contributed by atoms with Gasteiger partial charge in [0.1, 0.15) is 13.2 Å². The molecule has 0 unspecified atom stereocenters. The molecule has 3 heterocycles. The molecule has 0 aromatic heterocycles. The smallest absolute Gasteiger partial charge is 0.0968 e. The van der Waals surface area contributed by atoms with E-state index >= 15 is 0 Å². The quantitative estimate of drug-likeness (QED) is 0.355. The highest BCUT2D eigenvalue weighted by Crippen LogP contribution is 2.91. The van der Waals surface area contributed by atoms with Crippen molar-refractivity contribution in [3.8, 4) is 0 Å². The first-order chi connectivity index (χ1) is 2.43. The van der Waals surface area contributed by atoms with E-state index in [4.69, 9.17) is 0 Å². The molecule has 22 valence electrons. The summed E-state index contributed by atoms with van der Waals surface area (Å²) in [6, 6.07) is 0. The van der Waals surface area contributed by atoms with Gasteiger partial charge in [-0.05, 0) is 0 Å². The molecular formula is C3H4B2. The van der Waals surface area contributed by atoms with Gasteiger partial charge in [-0.2, -0.15) is 0 Å². The predicted octanol–water partition coefficient (Wildman–Crippen LogP) is 0.375. The lowest BCUT2D eigenvalue weighted by molar-refractivity contribution is 1.26. The summed E-state index contributed by atoms with van der Waals surface area (Å²) < 4.78 is 0. The van der Waals surface area contributed by atoms with Gasteiger partial charge in [0.15, 0.2) is 0 Å². The molecule has 0 amide bonds. The maximum atomic E-state index is 1.62. The molecule has 0 bridgehead atoms. The Morgan fingerprint density at radius 2 is 1.60 bits per heavy atom. The van der Waals surface area contributed by atoms with Crippen molar-refractivity contribution < 1.29 is 0 Å². The van der Waals surface area contributed by atoms with Gasteiger partial charge in [-0.25, -0.2) is 0 Å². The molecule has 0 aromatic rings. The molecule has 0 aliphatic carbocycles. The van der Waals surface area contributed by atoms with Crippen molar-refractivity contribution in [2.24, 2.45) is 0 Å². The Morgan fingerprint density at radius 3 is 1.60 bits per heavy atom. The van der Waals surface area contributed by atoms with Gasteiger partial charge >= 0.3 is 0 Å². The number of hydrogen-bond acceptors (Lipinski definition) is 0. The zero-order chi connectivity index (χ0) is 3.07. The Kier molecular flexibility index (Phi) is 0.0698. The first kappa shape index (κ1) is 1.72. The van der Waals surface area contributed by atoms with E-state index in [0.29, 0.717) is 0 Å². The lowest BCUT2D eigenvalue weighted by Gasteiger charge is -1.57. The first-order valence-corrected chi connectivity index (χ1v) is 2.43. The third-order valence-corrected chi connectivity index (χ3v) is 2.73. The van der Waals surface area contributed by atoms with Crippen LogP contribution in [0.1, 0.15) is 0 Å². The number of hydrogen-bond donors (Lipinski definition) is 0. The number of fused-ring (bicyclic) bond motifs is 1. The van der Waals surface area contributed by atoms with Crippen LogP contribution in [0.15, 0.2) is 0 Å². The van der Waals surface area contributed by atoms with Crippen LogP contribution in [-0.2, 0) is 0 Å². The fourth-order valence-electron chi connectivity index (χ4n) is 1.72. The van der Waals surface area contributed by atoms with Crippen LogP contribution >= 0.6 is 0 Å². The van der Waals surface area contributed by atoms with Crippen molar-refractivity contribution >= 4 is 13.2 Å². The van der Waals surface area contributed by atoms with Gasteiger partial charge in [0.05, 0.1) is 0 Å². The molecule has 0 atom stereocenters. The second-order valence-electron chi connectivity index (χ2n) is 2.85. The lowest BCUT2D eigenvalue weighted by atomic mass is 9.43. The van der Waals surface area contributed by atoms with Crippen molar-refractivity contribution in [1.29, 1.82) is 0 Å². The highest BCUT2D eigenvalue weighted by Gasteiger charge is 2.93. The maximum absolute atomic E-state index is 1.62. The summed E-state index contributed by atoms with van der Waals surface area (Å²) in [4.78, 5) is 0. The topological polar surface area (TPSA) is 0 Å². The molecule has 3 aliphatic heterocycles. The monoisotopic (exact) mass is 62.0 g/mol. The lowest BCUT2D eigenvalue weighted by Crippen LogP contribution is -1.86. The second kappa shape index (κ2) is 0.203. The molecule has 3 fully saturated rings. The highest BCUT2D eigenvalue weighted by atomic mass is 14.5. The van der Waals surface area contributed by atoms with Crippen molar-refractivity contribution in [1.82, 2.24) is 0 Å². The van der Waals surface area contributed by atoms with Crippen molar-refractivity contribution in [2.45, 2.75) is 17.9 Å². The molecular weight excluding hydrogens is 57.7 g/mol. The van der Waals surface area contributed by atoms with Crippen LogP contribution in [0.3, 0.4) is 0 Å². The van der Waals surface area contributed by atoms with Crippen LogP contribution in [0.4, 0.5) is 0 Å². The van der Waals surface area contributed by atoms with Crippen LogP contribution < -0.4 is 0 Å². The minimum Gasteiger partial charge on any atom is -0.0968 e. The Balaban J connectivity index is 2.49. The fraction of sp³-hybridized carbons (Fsp3) is 1.00. The minimum atomic E-state index is 1.08. The van der Waals surface area contributed by atoms with Crippen LogP contribution in [0.2, 0.25) is 17.9 Å². The zero-order valence-corrected chi connectivity index (χ0v) is 3.07. The average Bonchev–Trinajstić information content (AvgIpc) is 2.04. The Bertz CT molecular complexity index is 95.5. The van der Waals surface area contributed by atoms with E-state index in [1.54, 1.807) is 12.6 Å². The zero-order valence-electron chi connectivity index (χ0n) is 3.07. The van der Waals surface area contributed by atoms with Gasteiger partial charge in [-0.15, -0.1) is 0 Å². The van der Waals surface area contributed by atoms with Crippen molar-refractivity contribution in [3.63, 3.8) is 0 Å². The SMILES string of the molecule is C1B2B3CC123. The van der Waals surface area contributed by atoms with Crippen molar-refractivity contribution in [2.75, 3.05) is 0 Å². The van der Waals surface area contributed by atoms with E-state index in [9.17, 15) is 0 Å². The largest absolute Gasteiger partial charge is 0.104 e. The second-order valence-corrected chi connectivity index (χ2v) is 2.85. The summed E-state index contributed by atoms with van der Waals surface area (Å²) in [6.45, 7) is 2.59. The third kappa shape index (κ3) is 0.0462. The fourth-order valence-corrected chi connectivity index (χ4v) is 1.72. The molecule has 3 saturated heterocycles. The first-order valence-electron chi connectivity index (χ1n) is 2.43. The molecule has 0 radical (unpaired) electrons. The van der Waals surface area contributed by atoms with Crippen LogP contribution in [0, 0.1) is 0 Å². The highest BCUT2D eigenvalue weighted by molar-refractivity contribution is 7.60. The summed E-state index contributed by atoms with van der Waals surface area (Å²) in [5, 5.41) is 1.08. The molecule has 3 aliphatic rings. The summed E-state index contributed by atoms with van der Waals surface area (Å²) >= 11 is 0. The van der Waals surface area contributed by atoms with Gasteiger partial charge in [-0.3, -0.25) is 0 Å².